The van der Waals surface area contributed by atoms with E-state index in [1.54, 1.807) is 6.07 Å². The Morgan fingerprint density at radius 2 is 1.74 bits per heavy atom. The first-order valence-electron chi connectivity index (χ1n) is 6.07. The molecule has 0 bridgehead atoms. The van der Waals surface area contributed by atoms with Gasteiger partial charge in [0.15, 0.2) is 0 Å². The molecule has 2 aromatic carbocycles. The summed E-state index contributed by atoms with van der Waals surface area (Å²) in [6.07, 6.45) is 1.05. The molecule has 0 heterocycles. The molecule has 0 aliphatic carbocycles. The molecule has 0 fully saturated rings. The van der Waals surface area contributed by atoms with Crippen LogP contribution >= 0.6 is 35.1 Å². The number of hydrogen-bond donors (Lipinski definition) is 1. The minimum absolute atomic E-state index is 0.648. The molecule has 0 aromatic heterocycles. The summed E-state index contributed by atoms with van der Waals surface area (Å²) in [5, 5.41) is 1.30. The molecule has 100 valence electrons. The van der Waals surface area contributed by atoms with Crippen LogP contribution < -0.4 is 4.72 Å². The van der Waals surface area contributed by atoms with Crippen LogP contribution in [0.5, 0.6) is 0 Å². The summed E-state index contributed by atoms with van der Waals surface area (Å²) in [7, 11) is 0. The van der Waals surface area contributed by atoms with Crippen molar-refractivity contribution in [2.24, 2.45) is 0 Å². The van der Waals surface area contributed by atoms with Crippen molar-refractivity contribution in [1.82, 2.24) is 0 Å². The number of anilines is 1. The van der Waals surface area contributed by atoms with Crippen molar-refractivity contribution >= 4 is 40.8 Å². The Balaban J connectivity index is 2.10. The van der Waals surface area contributed by atoms with Crippen LogP contribution in [0.1, 0.15) is 18.1 Å². The largest absolute Gasteiger partial charge is 0.325 e. The third kappa shape index (κ3) is 4.07. The van der Waals surface area contributed by atoms with Crippen LogP contribution in [0.2, 0.25) is 10.0 Å². The molecule has 0 radical (unpaired) electrons. The van der Waals surface area contributed by atoms with Crippen molar-refractivity contribution in [3.63, 3.8) is 0 Å². The SMILES string of the molecule is CCc1ccc(NSc2cc(Cl)cc(Cl)c2)c(C)c1. The zero-order chi connectivity index (χ0) is 13.8. The standard InChI is InChI=1S/C15H15Cl2NS/c1-3-11-4-5-15(10(2)6-11)18-19-14-8-12(16)7-13(17)9-14/h4-9,18H,3H2,1-2H3. The maximum atomic E-state index is 5.98. The molecule has 4 heteroatoms. The second kappa shape index (κ2) is 6.56. The van der Waals surface area contributed by atoms with Gasteiger partial charge in [-0.25, -0.2) is 0 Å². The molecule has 0 spiro atoms. The van der Waals surface area contributed by atoms with Gasteiger partial charge in [0.05, 0.1) is 0 Å². The van der Waals surface area contributed by atoms with E-state index in [4.69, 9.17) is 23.2 Å². The maximum Gasteiger partial charge on any atom is 0.0472 e. The first kappa shape index (κ1) is 14.6. The first-order valence-corrected chi connectivity index (χ1v) is 7.64. The Morgan fingerprint density at radius 1 is 1.05 bits per heavy atom. The topological polar surface area (TPSA) is 12.0 Å². The Morgan fingerprint density at radius 3 is 2.32 bits per heavy atom. The number of hydrogen-bond acceptors (Lipinski definition) is 2. The van der Waals surface area contributed by atoms with Crippen LogP contribution in [0, 0.1) is 6.92 Å². The highest BCUT2D eigenvalue weighted by molar-refractivity contribution is 8.00. The quantitative estimate of drug-likeness (QED) is 0.697. The van der Waals surface area contributed by atoms with Gasteiger partial charge in [-0.05, 0) is 60.7 Å². The van der Waals surface area contributed by atoms with Gasteiger partial charge in [-0.3, -0.25) is 0 Å². The number of benzene rings is 2. The minimum atomic E-state index is 0.648. The van der Waals surface area contributed by atoms with Crippen molar-refractivity contribution in [2.75, 3.05) is 4.72 Å². The number of aryl methyl sites for hydroxylation is 2. The molecule has 0 atom stereocenters. The van der Waals surface area contributed by atoms with Gasteiger partial charge in [0, 0.05) is 20.6 Å². The fraction of sp³-hybridized carbons (Fsp3) is 0.200. The summed E-state index contributed by atoms with van der Waals surface area (Å²) in [6, 6.07) is 12.0. The zero-order valence-electron chi connectivity index (χ0n) is 10.8. The summed E-state index contributed by atoms with van der Waals surface area (Å²) in [4.78, 5) is 0.997. The molecule has 0 unspecified atom stereocenters. The van der Waals surface area contributed by atoms with Crippen molar-refractivity contribution in [2.45, 2.75) is 25.2 Å². The van der Waals surface area contributed by atoms with Gasteiger partial charge < -0.3 is 4.72 Å². The van der Waals surface area contributed by atoms with Crippen molar-refractivity contribution < 1.29 is 0 Å². The Kier molecular flexibility index (Phi) is 5.03. The van der Waals surface area contributed by atoms with Gasteiger partial charge >= 0.3 is 0 Å². The molecule has 0 saturated carbocycles. The van der Waals surface area contributed by atoms with E-state index in [-0.39, 0.29) is 0 Å². The van der Waals surface area contributed by atoms with E-state index in [2.05, 4.69) is 36.8 Å². The van der Waals surface area contributed by atoms with Crippen LogP contribution in [0.25, 0.3) is 0 Å². The Labute approximate surface area is 128 Å². The molecule has 2 rings (SSSR count). The molecule has 0 amide bonds. The van der Waals surface area contributed by atoms with Gasteiger partial charge in [0.1, 0.15) is 0 Å². The molecule has 19 heavy (non-hydrogen) atoms. The molecular formula is C15H15Cl2NS. The highest BCUT2D eigenvalue weighted by Crippen LogP contribution is 2.28. The molecule has 1 nitrogen and oxygen atoms in total. The molecule has 0 saturated heterocycles. The summed E-state index contributed by atoms with van der Waals surface area (Å²) >= 11 is 13.5. The fourth-order valence-corrected chi connectivity index (χ4v) is 3.25. The summed E-state index contributed by atoms with van der Waals surface area (Å²) < 4.78 is 3.33. The van der Waals surface area contributed by atoms with Gasteiger partial charge in [-0.2, -0.15) is 0 Å². The number of nitrogens with one attached hydrogen (secondary N) is 1. The maximum absolute atomic E-state index is 5.98. The van der Waals surface area contributed by atoms with Crippen LogP contribution in [-0.2, 0) is 6.42 Å². The average Bonchev–Trinajstić information content (AvgIpc) is 2.36. The smallest absolute Gasteiger partial charge is 0.0472 e. The van der Waals surface area contributed by atoms with Crippen LogP contribution in [0.3, 0.4) is 0 Å². The molecule has 0 aliphatic heterocycles. The molecule has 0 aliphatic rings. The lowest BCUT2D eigenvalue weighted by Gasteiger charge is -2.10. The Hall–Kier alpha value is -0.830. The molecule has 1 N–H and O–H groups in total. The lowest BCUT2D eigenvalue weighted by Crippen LogP contribution is -1.92. The van der Waals surface area contributed by atoms with E-state index in [0.717, 1.165) is 17.0 Å². The number of halogens is 2. The van der Waals surface area contributed by atoms with Gasteiger partial charge in [0.2, 0.25) is 0 Å². The minimum Gasteiger partial charge on any atom is -0.325 e. The van der Waals surface area contributed by atoms with Gasteiger partial charge in [-0.15, -0.1) is 0 Å². The summed E-state index contributed by atoms with van der Waals surface area (Å²) in [5.41, 5.74) is 3.69. The van der Waals surface area contributed by atoms with Crippen molar-refractivity contribution in [1.29, 1.82) is 0 Å². The number of rotatable bonds is 4. The highest BCUT2D eigenvalue weighted by Gasteiger charge is 2.02. The van der Waals surface area contributed by atoms with E-state index in [1.165, 1.54) is 23.1 Å². The van der Waals surface area contributed by atoms with E-state index in [9.17, 15) is 0 Å². The van der Waals surface area contributed by atoms with Gasteiger partial charge in [0.25, 0.3) is 0 Å². The van der Waals surface area contributed by atoms with Crippen LogP contribution in [-0.4, -0.2) is 0 Å². The average molecular weight is 312 g/mol. The predicted octanol–water partition coefficient (Wildman–Crippen LogP) is 5.98. The van der Waals surface area contributed by atoms with Gasteiger partial charge in [-0.1, -0.05) is 42.3 Å². The third-order valence-electron chi connectivity index (χ3n) is 2.81. The summed E-state index contributed by atoms with van der Waals surface area (Å²) in [6.45, 7) is 4.26. The summed E-state index contributed by atoms with van der Waals surface area (Å²) in [5.74, 6) is 0. The second-order valence-corrected chi connectivity index (χ2v) is 6.06. The zero-order valence-corrected chi connectivity index (χ0v) is 13.2. The Bertz CT molecular complexity index is 564. The monoisotopic (exact) mass is 311 g/mol. The van der Waals surface area contributed by atoms with E-state index in [0.29, 0.717) is 10.0 Å². The fourth-order valence-electron chi connectivity index (χ4n) is 1.76. The lowest BCUT2D eigenvalue weighted by atomic mass is 10.1. The van der Waals surface area contributed by atoms with E-state index < -0.39 is 0 Å². The first-order chi connectivity index (χ1) is 9.08. The van der Waals surface area contributed by atoms with E-state index in [1.807, 2.05) is 12.1 Å². The normalized spacial score (nSPS) is 10.5. The lowest BCUT2D eigenvalue weighted by molar-refractivity contribution is 1.13. The second-order valence-electron chi connectivity index (χ2n) is 4.31. The third-order valence-corrected chi connectivity index (χ3v) is 4.04. The predicted molar refractivity (Wildman–Crippen MR) is 86.5 cm³/mol. The van der Waals surface area contributed by atoms with Crippen molar-refractivity contribution in [3.8, 4) is 0 Å². The molecule has 2 aromatic rings. The highest BCUT2D eigenvalue weighted by atomic mass is 35.5. The van der Waals surface area contributed by atoms with Crippen LogP contribution in [0.15, 0.2) is 41.3 Å². The van der Waals surface area contributed by atoms with Crippen LogP contribution in [0.4, 0.5) is 5.69 Å². The molecular weight excluding hydrogens is 297 g/mol. The van der Waals surface area contributed by atoms with Crippen molar-refractivity contribution in [3.05, 3.63) is 57.6 Å². The van der Waals surface area contributed by atoms with E-state index >= 15 is 0 Å².